The summed E-state index contributed by atoms with van der Waals surface area (Å²) in [5, 5.41) is 9.50. The molecule has 4 aromatic rings. The molecule has 37 heavy (non-hydrogen) atoms. The van der Waals surface area contributed by atoms with Crippen LogP contribution in [-0.4, -0.2) is 28.2 Å². The Hall–Kier alpha value is -4.18. The molecule has 0 bridgehead atoms. The number of nitrogens with one attached hydrogen (secondary N) is 3. The Labute approximate surface area is 210 Å². The maximum Gasteiger partial charge on any atom is 0.272 e. The summed E-state index contributed by atoms with van der Waals surface area (Å²) < 4.78 is 45.7. The minimum Gasteiger partial charge on any atom is -0.378 e. The van der Waals surface area contributed by atoms with E-state index in [0.29, 0.717) is 29.7 Å². The number of H-pyrrole nitrogens is 2. The van der Waals surface area contributed by atoms with Gasteiger partial charge in [-0.1, -0.05) is 42.5 Å². The summed E-state index contributed by atoms with van der Waals surface area (Å²) in [6.45, 7) is -0.0978. The molecule has 0 radical (unpaired) electrons. The van der Waals surface area contributed by atoms with Crippen LogP contribution in [0.4, 0.5) is 13.2 Å². The van der Waals surface area contributed by atoms with E-state index in [2.05, 4.69) is 20.5 Å². The minimum absolute atomic E-state index is 0.00890. The molecule has 0 aliphatic carbocycles. The SMILES string of the molecule is COCc1[nH]nc(C(=O)NCc2cccc(F)c2C(F)F)c1Cc1ccc(Cc2ccc[nH]c2=O)cc1. The van der Waals surface area contributed by atoms with Crippen LogP contribution in [0.3, 0.4) is 0 Å². The maximum absolute atomic E-state index is 13.9. The summed E-state index contributed by atoms with van der Waals surface area (Å²) in [5.41, 5.74) is 2.92. The Morgan fingerprint density at radius 3 is 2.41 bits per heavy atom. The number of rotatable bonds is 10. The molecule has 3 N–H and O–H groups in total. The molecule has 2 aromatic carbocycles. The van der Waals surface area contributed by atoms with Gasteiger partial charge in [-0.2, -0.15) is 5.10 Å². The van der Waals surface area contributed by atoms with E-state index >= 15 is 0 Å². The van der Waals surface area contributed by atoms with Crippen LogP contribution in [0, 0.1) is 5.82 Å². The molecule has 0 aliphatic heterocycles. The predicted molar refractivity (Wildman–Crippen MR) is 131 cm³/mol. The number of ether oxygens (including phenoxy) is 1. The molecule has 0 aliphatic rings. The number of alkyl halides is 2. The van der Waals surface area contributed by atoms with E-state index in [9.17, 15) is 22.8 Å². The second-order valence-electron chi connectivity index (χ2n) is 8.45. The monoisotopic (exact) mass is 510 g/mol. The number of benzene rings is 2. The predicted octanol–water partition coefficient (Wildman–Crippen LogP) is 4.43. The fourth-order valence-electron chi connectivity index (χ4n) is 4.08. The van der Waals surface area contributed by atoms with Crippen molar-refractivity contribution < 1.29 is 22.7 Å². The fraction of sp³-hybridized carbons (Fsp3) is 0.222. The van der Waals surface area contributed by atoms with Crippen molar-refractivity contribution >= 4 is 5.91 Å². The van der Waals surface area contributed by atoms with Crippen LogP contribution in [0.15, 0.2) is 65.6 Å². The van der Waals surface area contributed by atoms with Gasteiger partial charge in [-0.05, 0) is 28.8 Å². The molecule has 0 saturated carbocycles. The number of amides is 1. The molecule has 4 rings (SSSR count). The van der Waals surface area contributed by atoms with Crippen LogP contribution in [0.1, 0.15) is 56.0 Å². The van der Waals surface area contributed by atoms with E-state index < -0.39 is 23.7 Å². The molecule has 192 valence electrons. The number of hydrogen-bond donors (Lipinski definition) is 3. The maximum atomic E-state index is 13.9. The van der Waals surface area contributed by atoms with E-state index in [1.165, 1.54) is 19.2 Å². The number of halogens is 3. The summed E-state index contributed by atoms with van der Waals surface area (Å²) in [6, 6.07) is 14.8. The van der Waals surface area contributed by atoms with Crippen LogP contribution in [0.25, 0.3) is 0 Å². The third kappa shape index (κ3) is 6.15. The molecular formula is C27H25F3N4O3. The lowest BCUT2D eigenvalue weighted by molar-refractivity contribution is 0.0943. The average Bonchev–Trinajstić information content (AvgIpc) is 3.27. The first-order valence-corrected chi connectivity index (χ1v) is 11.5. The molecule has 0 saturated heterocycles. The van der Waals surface area contributed by atoms with Gasteiger partial charge in [0.1, 0.15) is 5.82 Å². The van der Waals surface area contributed by atoms with Gasteiger partial charge >= 0.3 is 0 Å². The highest BCUT2D eigenvalue weighted by atomic mass is 19.3. The van der Waals surface area contributed by atoms with Crippen molar-refractivity contribution in [1.82, 2.24) is 20.5 Å². The summed E-state index contributed by atoms with van der Waals surface area (Å²) in [5.74, 6) is -1.61. The van der Waals surface area contributed by atoms with Crippen molar-refractivity contribution in [2.75, 3.05) is 7.11 Å². The number of hydrogen-bond acceptors (Lipinski definition) is 4. The number of nitrogens with zero attached hydrogens (tertiary/aromatic N) is 1. The van der Waals surface area contributed by atoms with Crippen LogP contribution >= 0.6 is 0 Å². The van der Waals surface area contributed by atoms with E-state index in [1.807, 2.05) is 24.3 Å². The van der Waals surface area contributed by atoms with Gasteiger partial charge in [0.15, 0.2) is 5.69 Å². The van der Waals surface area contributed by atoms with Gasteiger partial charge in [0.2, 0.25) is 0 Å². The number of pyridine rings is 1. The number of methoxy groups -OCH3 is 1. The normalized spacial score (nSPS) is 11.2. The Balaban J connectivity index is 1.51. The Morgan fingerprint density at radius 1 is 1.03 bits per heavy atom. The molecule has 0 unspecified atom stereocenters. The zero-order chi connectivity index (χ0) is 26.4. The van der Waals surface area contributed by atoms with Crippen molar-refractivity contribution in [2.45, 2.75) is 32.4 Å². The molecule has 1 amide bonds. The molecule has 7 nitrogen and oxygen atoms in total. The largest absolute Gasteiger partial charge is 0.378 e. The van der Waals surface area contributed by atoms with Crippen molar-refractivity contribution in [3.63, 3.8) is 0 Å². The Kier molecular flexibility index (Phi) is 8.19. The van der Waals surface area contributed by atoms with Crippen molar-refractivity contribution in [3.05, 3.63) is 122 Å². The molecule has 0 atom stereocenters. The van der Waals surface area contributed by atoms with Crippen molar-refractivity contribution in [2.24, 2.45) is 0 Å². The first kappa shape index (κ1) is 25.9. The van der Waals surface area contributed by atoms with Crippen molar-refractivity contribution in [3.8, 4) is 0 Å². The zero-order valence-corrected chi connectivity index (χ0v) is 20.0. The second-order valence-corrected chi connectivity index (χ2v) is 8.45. The van der Waals surface area contributed by atoms with Gasteiger partial charge in [-0.15, -0.1) is 0 Å². The van der Waals surface area contributed by atoms with Gasteiger partial charge < -0.3 is 15.0 Å². The lowest BCUT2D eigenvalue weighted by atomic mass is 9.99. The standard InChI is InChI=1S/C27H25F3N4O3/c1-37-15-22-20(13-17-9-7-16(8-10-17)12-18-5-3-11-31-26(18)35)24(34-33-22)27(36)32-14-19-4-2-6-21(28)23(19)25(29)30/h2-11,25H,12-15H2,1H3,(H,31,35)(H,32,36)(H,33,34). The molecule has 2 aromatic heterocycles. The third-order valence-electron chi connectivity index (χ3n) is 5.96. The highest BCUT2D eigenvalue weighted by Gasteiger charge is 2.22. The third-order valence-corrected chi connectivity index (χ3v) is 5.96. The van der Waals surface area contributed by atoms with E-state index in [-0.39, 0.29) is 30.0 Å². The summed E-state index contributed by atoms with van der Waals surface area (Å²) >= 11 is 0. The number of aromatic nitrogens is 3. The first-order valence-electron chi connectivity index (χ1n) is 11.5. The van der Waals surface area contributed by atoms with Gasteiger partial charge in [-0.25, -0.2) is 13.2 Å². The smallest absolute Gasteiger partial charge is 0.272 e. The fourth-order valence-corrected chi connectivity index (χ4v) is 4.08. The van der Waals surface area contributed by atoms with E-state index in [1.54, 1.807) is 18.3 Å². The average molecular weight is 511 g/mol. The molecule has 0 spiro atoms. The summed E-state index contributed by atoms with van der Waals surface area (Å²) in [7, 11) is 1.51. The second kappa shape index (κ2) is 11.7. The number of carbonyl (C=O) groups excluding carboxylic acids is 1. The molecular weight excluding hydrogens is 485 g/mol. The topological polar surface area (TPSA) is 99.9 Å². The number of carbonyl (C=O) groups is 1. The van der Waals surface area contributed by atoms with Crippen LogP contribution < -0.4 is 10.9 Å². The lowest BCUT2D eigenvalue weighted by Gasteiger charge is -2.11. The van der Waals surface area contributed by atoms with Crippen LogP contribution in [0.2, 0.25) is 0 Å². The highest BCUT2D eigenvalue weighted by molar-refractivity contribution is 5.94. The van der Waals surface area contributed by atoms with Gasteiger partial charge in [0, 0.05) is 43.8 Å². The van der Waals surface area contributed by atoms with Crippen molar-refractivity contribution in [1.29, 1.82) is 0 Å². The van der Waals surface area contributed by atoms with Gasteiger partial charge in [-0.3, -0.25) is 14.7 Å². The minimum atomic E-state index is -3.01. The summed E-state index contributed by atoms with van der Waals surface area (Å²) in [6.07, 6.45) is -0.593. The molecule has 2 heterocycles. The summed E-state index contributed by atoms with van der Waals surface area (Å²) in [4.78, 5) is 27.6. The molecule has 10 heteroatoms. The van der Waals surface area contributed by atoms with Gasteiger partial charge in [0.25, 0.3) is 17.9 Å². The first-order chi connectivity index (χ1) is 17.9. The highest BCUT2D eigenvalue weighted by Crippen LogP contribution is 2.26. The van der Waals surface area contributed by atoms with E-state index in [4.69, 9.17) is 4.74 Å². The lowest BCUT2D eigenvalue weighted by Crippen LogP contribution is -2.25. The Bertz CT molecular complexity index is 1430. The molecule has 0 fully saturated rings. The quantitative estimate of drug-likeness (QED) is 0.294. The zero-order valence-electron chi connectivity index (χ0n) is 20.0. The van der Waals surface area contributed by atoms with Gasteiger partial charge in [0.05, 0.1) is 17.9 Å². The van der Waals surface area contributed by atoms with Crippen LogP contribution in [0.5, 0.6) is 0 Å². The van der Waals surface area contributed by atoms with Crippen LogP contribution in [-0.2, 0) is 30.7 Å². The number of aromatic amines is 2. The Morgan fingerprint density at radius 2 is 1.73 bits per heavy atom. The van der Waals surface area contributed by atoms with E-state index in [0.717, 1.165) is 17.2 Å².